The quantitative estimate of drug-likeness (QED) is 0.713. The van der Waals surface area contributed by atoms with E-state index in [-0.39, 0.29) is 5.91 Å². The molecule has 1 aromatic heterocycles. The standard InChI is InChI=1S/C10H8NO2/c1-11-10(12)9-6-7-4-2-3-5-8(7)13-9/h3-6H,1H3,(H,11,12). The molecule has 0 atom stereocenters. The number of amides is 1. The van der Waals surface area contributed by atoms with Crippen LogP contribution in [0.1, 0.15) is 10.6 Å². The highest BCUT2D eigenvalue weighted by molar-refractivity contribution is 5.95. The van der Waals surface area contributed by atoms with Crippen LogP contribution in [-0.2, 0) is 0 Å². The molecule has 0 fully saturated rings. The summed E-state index contributed by atoms with van der Waals surface area (Å²) in [6, 6.07) is 9.93. The van der Waals surface area contributed by atoms with Gasteiger partial charge in [0.05, 0.1) is 0 Å². The predicted octanol–water partition coefficient (Wildman–Crippen LogP) is 1.59. The van der Waals surface area contributed by atoms with E-state index in [1.165, 1.54) is 0 Å². The second-order valence-electron chi connectivity index (χ2n) is 2.65. The summed E-state index contributed by atoms with van der Waals surface area (Å²) in [6.07, 6.45) is 0. The van der Waals surface area contributed by atoms with Gasteiger partial charge in [0, 0.05) is 12.4 Å². The molecule has 2 rings (SSSR count). The number of carbonyl (C=O) groups is 1. The Morgan fingerprint density at radius 2 is 2.46 bits per heavy atom. The number of hydrogen-bond donors (Lipinski definition) is 1. The van der Waals surface area contributed by atoms with Gasteiger partial charge < -0.3 is 9.73 Å². The maximum Gasteiger partial charge on any atom is 0.286 e. The van der Waals surface area contributed by atoms with Crippen LogP contribution >= 0.6 is 0 Å². The molecule has 0 aliphatic carbocycles. The zero-order valence-corrected chi connectivity index (χ0v) is 7.13. The van der Waals surface area contributed by atoms with Crippen molar-refractivity contribution in [2.75, 3.05) is 7.05 Å². The second-order valence-corrected chi connectivity index (χ2v) is 2.65. The van der Waals surface area contributed by atoms with Crippen LogP contribution in [0.25, 0.3) is 11.0 Å². The maximum atomic E-state index is 11.2. The monoisotopic (exact) mass is 174 g/mol. The SMILES string of the molecule is CNC(=O)c1cc2c[c]ccc2o1. The third-order valence-corrected chi connectivity index (χ3v) is 1.81. The van der Waals surface area contributed by atoms with Crippen LogP contribution in [0.15, 0.2) is 28.7 Å². The van der Waals surface area contributed by atoms with Crippen molar-refractivity contribution in [2.45, 2.75) is 0 Å². The largest absolute Gasteiger partial charge is 0.451 e. The number of furan rings is 1. The fourth-order valence-electron chi connectivity index (χ4n) is 1.16. The maximum absolute atomic E-state index is 11.2. The molecule has 3 nitrogen and oxygen atoms in total. The highest BCUT2D eigenvalue weighted by Crippen LogP contribution is 2.17. The van der Waals surface area contributed by atoms with Crippen LogP contribution in [0, 0.1) is 6.07 Å². The second kappa shape index (κ2) is 2.94. The lowest BCUT2D eigenvalue weighted by molar-refractivity contribution is 0.0938. The third-order valence-electron chi connectivity index (χ3n) is 1.81. The summed E-state index contributed by atoms with van der Waals surface area (Å²) in [5, 5.41) is 3.39. The Labute approximate surface area is 75.3 Å². The van der Waals surface area contributed by atoms with E-state index in [0.717, 1.165) is 5.39 Å². The molecule has 3 heteroatoms. The summed E-state index contributed by atoms with van der Waals surface area (Å²) in [4.78, 5) is 11.2. The van der Waals surface area contributed by atoms with Gasteiger partial charge >= 0.3 is 0 Å². The number of carbonyl (C=O) groups excluding carboxylic acids is 1. The molecule has 0 unspecified atom stereocenters. The summed E-state index contributed by atoms with van der Waals surface area (Å²) in [5.74, 6) is 0.119. The van der Waals surface area contributed by atoms with Crippen molar-refractivity contribution >= 4 is 16.9 Å². The first-order valence-electron chi connectivity index (χ1n) is 3.93. The van der Waals surface area contributed by atoms with Crippen LogP contribution in [0.5, 0.6) is 0 Å². The zero-order valence-electron chi connectivity index (χ0n) is 7.13. The van der Waals surface area contributed by atoms with Gasteiger partial charge in [0.15, 0.2) is 5.76 Å². The number of hydrogen-bond acceptors (Lipinski definition) is 2. The lowest BCUT2D eigenvalue weighted by Gasteiger charge is -1.90. The summed E-state index contributed by atoms with van der Waals surface area (Å²) >= 11 is 0. The highest BCUT2D eigenvalue weighted by Gasteiger charge is 2.08. The Hall–Kier alpha value is -1.77. The molecule has 0 spiro atoms. The van der Waals surface area contributed by atoms with Crippen LogP contribution in [0.4, 0.5) is 0 Å². The number of rotatable bonds is 1. The molecular weight excluding hydrogens is 166 g/mol. The zero-order chi connectivity index (χ0) is 9.26. The fraction of sp³-hybridized carbons (Fsp3) is 0.100. The van der Waals surface area contributed by atoms with Gasteiger partial charge in [-0.05, 0) is 24.3 Å². The van der Waals surface area contributed by atoms with Crippen molar-refractivity contribution in [1.29, 1.82) is 0 Å². The van der Waals surface area contributed by atoms with Gasteiger partial charge in [-0.3, -0.25) is 4.79 Å². The molecular formula is C10H8NO2. The first-order valence-corrected chi connectivity index (χ1v) is 3.93. The topological polar surface area (TPSA) is 42.2 Å². The summed E-state index contributed by atoms with van der Waals surface area (Å²) < 4.78 is 5.29. The van der Waals surface area contributed by atoms with Gasteiger partial charge in [-0.15, -0.1) is 0 Å². The Morgan fingerprint density at radius 1 is 1.62 bits per heavy atom. The molecule has 65 valence electrons. The Morgan fingerprint density at radius 3 is 3.15 bits per heavy atom. The van der Waals surface area contributed by atoms with Gasteiger partial charge in [0.25, 0.3) is 5.91 Å². The van der Waals surface area contributed by atoms with E-state index in [1.807, 2.05) is 0 Å². The van der Waals surface area contributed by atoms with Crippen LogP contribution in [0.3, 0.4) is 0 Å². The van der Waals surface area contributed by atoms with Gasteiger partial charge in [-0.25, -0.2) is 0 Å². The minimum atomic E-state index is -0.212. The van der Waals surface area contributed by atoms with Gasteiger partial charge in [0.1, 0.15) is 5.58 Å². The van der Waals surface area contributed by atoms with Crippen LogP contribution in [-0.4, -0.2) is 13.0 Å². The lowest BCUT2D eigenvalue weighted by Crippen LogP contribution is -2.16. The molecule has 0 bridgehead atoms. The number of benzene rings is 1. The molecule has 0 saturated heterocycles. The smallest absolute Gasteiger partial charge is 0.286 e. The minimum Gasteiger partial charge on any atom is -0.451 e. The molecule has 0 aliphatic heterocycles. The molecule has 1 amide bonds. The summed E-state index contributed by atoms with van der Waals surface area (Å²) in [5.41, 5.74) is 0.706. The normalized spacial score (nSPS) is 10.2. The van der Waals surface area contributed by atoms with E-state index in [1.54, 1.807) is 31.3 Å². The first-order chi connectivity index (χ1) is 6.31. The van der Waals surface area contributed by atoms with E-state index >= 15 is 0 Å². The lowest BCUT2D eigenvalue weighted by atomic mass is 10.2. The molecule has 1 heterocycles. The average molecular weight is 174 g/mol. The van der Waals surface area contributed by atoms with E-state index in [9.17, 15) is 4.79 Å². The molecule has 0 saturated carbocycles. The summed E-state index contributed by atoms with van der Waals surface area (Å²) in [6.45, 7) is 0. The summed E-state index contributed by atoms with van der Waals surface area (Å²) in [7, 11) is 1.57. The van der Waals surface area contributed by atoms with Crippen LogP contribution < -0.4 is 5.32 Å². The van der Waals surface area contributed by atoms with Crippen molar-refractivity contribution in [2.24, 2.45) is 0 Å². The van der Waals surface area contributed by atoms with Gasteiger partial charge in [-0.2, -0.15) is 0 Å². The Kier molecular flexibility index (Phi) is 1.77. The van der Waals surface area contributed by atoms with Crippen molar-refractivity contribution in [3.63, 3.8) is 0 Å². The number of nitrogens with one attached hydrogen (secondary N) is 1. The van der Waals surface area contributed by atoms with Gasteiger partial charge in [-0.1, -0.05) is 6.07 Å². The molecule has 1 aromatic carbocycles. The molecule has 2 aromatic rings. The van der Waals surface area contributed by atoms with Gasteiger partial charge in [0.2, 0.25) is 0 Å². The minimum absolute atomic E-state index is 0.212. The predicted molar refractivity (Wildman–Crippen MR) is 48.4 cm³/mol. The highest BCUT2D eigenvalue weighted by atomic mass is 16.3. The Bertz CT molecular complexity index is 412. The molecule has 13 heavy (non-hydrogen) atoms. The van der Waals surface area contributed by atoms with Crippen LogP contribution in [0.2, 0.25) is 0 Å². The van der Waals surface area contributed by atoms with Crippen molar-refractivity contribution in [3.8, 4) is 0 Å². The Balaban J connectivity index is 2.56. The third kappa shape index (κ3) is 1.28. The fourth-order valence-corrected chi connectivity index (χ4v) is 1.16. The first kappa shape index (κ1) is 7.86. The molecule has 1 N–H and O–H groups in total. The van der Waals surface area contributed by atoms with E-state index in [0.29, 0.717) is 11.3 Å². The van der Waals surface area contributed by atoms with E-state index in [4.69, 9.17) is 4.42 Å². The van der Waals surface area contributed by atoms with Crippen molar-refractivity contribution in [3.05, 3.63) is 36.1 Å². The van der Waals surface area contributed by atoms with Crippen molar-refractivity contribution in [1.82, 2.24) is 5.32 Å². The average Bonchev–Trinajstić information content (AvgIpc) is 2.59. The molecule has 0 aliphatic rings. The van der Waals surface area contributed by atoms with Crippen molar-refractivity contribution < 1.29 is 9.21 Å². The van der Waals surface area contributed by atoms with E-state index < -0.39 is 0 Å². The number of fused-ring (bicyclic) bond motifs is 1. The molecule has 1 radical (unpaired) electrons. The van der Waals surface area contributed by atoms with E-state index in [2.05, 4.69) is 11.4 Å².